The molecule has 0 radical (unpaired) electrons. The normalized spacial score (nSPS) is 28.1. The number of nitrogens with zero attached hydrogens (tertiary/aromatic N) is 1. The Morgan fingerprint density at radius 1 is 1.19 bits per heavy atom. The number of benzene rings is 1. The lowest BCUT2D eigenvalue weighted by molar-refractivity contribution is -0.331. The third-order valence-corrected chi connectivity index (χ3v) is 5.08. The number of carboxylic acid groups (broad SMARTS) is 1. The van der Waals surface area contributed by atoms with E-state index in [2.05, 4.69) is 0 Å². The van der Waals surface area contributed by atoms with E-state index in [1.54, 1.807) is 0 Å². The van der Waals surface area contributed by atoms with Gasteiger partial charge < -0.3 is 14.7 Å². The van der Waals surface area contributed by atoms with Gasteiger partial charge in [-0.15, -0.1) is 0 Å². The molecule has 2 fully saturated rings. The first kappa shape index (κ1) is 19.6. The van der Waals surface area contributed by atoms with Crippen LogP contribution >= 0.6 is 0 Å². The standard InChI is InChI=1S/C16H14F7NO3/c17-8-2-1-3-9(4-8)27-10-5-14(6-10)7-24(13(25)26)12(14)11(15(18,19)20)16(21,22)23/h1-4,10-12H,5-7H2,(H,25,26). The largest absolute Gasteiger partial charge is 0.490 e. The fraction of sp³-hybridized carbons (Fsp3) is 0.562. The summed E-state index contributed by atoms with van der Waals surface area (Å²) in [7, 11) is 0. The maximum Gasteiger partial charge on any atom is 0.407 e. The molecule has 1 spiro atoms. The van der Waals surface area contributed by atoms with Gasteiger partial charge in [0.25, 0.3) is 0 Å². The van der Waals surface area contributed by atoms with Crippen molar-refractivity contribution in [2.75, 3.05) is 6.54 Å². The first-order valence-corrected chi connectivity index (χ1v) is 7.89. The summed E-state index contributed by atoms with van der Waals surface area (Å²) >= 11 is 0. The van der Waals surface area contributed by atoms with Gasteiger partial charge in [0.15, 0.2) is 5.92 Å². The first-order chi connectivity index (χ1) is 12.3. The van der Waals surface area contributed by atoms with Gasteiger partial charge in [0, 0.05) is 18.0 Å². The van der Waals surface area contributed by atoms with Gasteiger partial charge in [-0.25, -0.2) is 9.18 Å². The topological polar surface area (TPSA) is 49.8 Å². The second-order valence-corrected chi connectivity index (χ2v) is 6.88. The molecule has 0 aromatic heterocycles. The number of carbonyl (C=O) groups is 1. The van der Waals surface area contributed by atoms with E-state index in [1.165, 1.54) is 12.1 Å². The number of rotatable bonds is 3. The number of halogens is 7. The SMILES string of the molecule is O=C(O)N1CC2(CC(Oc3cccc(F)c3)C2)C1C(C(F)(F)F)C(F)(F)F. The van der Waals surface area contributed by atoms with Crippen LogP contribution in [-0.2, 0) is 0 Å². The van der Waals surface area contributed by atoms with E-state index >= 15 is 0 Å². The number of hydrogen-bond acceptors (Lipinski definition) is 2. The Hall–Kier alpha value is -2.20. The van der Waals surface area contributed by atoms with Gasteiger partial charge in [-0.2, -0.15) is 26.3 Å². The lowest BCUT2D eigenvalue weighted by atomic mass is 9.53. The Morgan fingerprint density at radius 2 is 1.78 bits per heavy atom. The molecule has 1 amide bonds. The molecule has 1 aromatic rings. The van der Waals surface area contributed by atoms with Crippen LogP contribution in [0, 0.1) is 17.2 Å². The molecule has 0 bridgehead atoms. The fourth-order valence-electron chi connectivity index (χ4n) is 4.05. The highest BCUT2D eigenvalue weighted by Crippen LogP contribution is 2.60. The van der Waals surface area contributed by atoms with Crippen LogP contribution in [0.5, 0.6) is 5.75 Å². The number of hydrogen-bond donors (Lipinski definition) is 1. The van der Waals surface area contributed by atoms with Crippen LogP contribution in [0.1, 0.15) is 12.8 Å². The van der Waals surface area contributed by atoms with E-state index in [4.69, 9.17) is 9.84 Å². The number of alkyl halides is 6. The molecule has 1 atom stereocenters. The van der Waals surface area contributed by atoms with Crippen molar-refractivity contribution in [3.63, 3.8) is 0 Å². The monoisotopic (exact) mass is 401 g/mol. The first-order valence-electron chi connectivity index (χ1n) is 7.89. The highest BCUT2D eigenvalue weighted by Gasteiger charge is 2.73. The van der Waals surface area contributed by atoms with E-state index in [0.29, 0.717) is 0 Å². The molecular formula is C16H14F7NO3. The average molecular weight is 401 g/mol. The van der Waals surface area contributed by atoms with Crippen LogP contribution < -0.4 is 4.74 Å². The quantitative estimate of drug-likeness (QED) is 0.762. The maximum atomic E-state index is 13.1. The minimum atomic E-state index is -5.64. The molecule has 27 heavy (non-hydrogen) atoms. The predicted molar refractivity (Wildman–Crippen MR) is 76.6 cm³/mol. The molecular weight excluding hydrogens is 387 g/mol. The second-order valence-electron chi connectivity index (χ2n) is 6.88. The highest BCUT2D eigenvalue weighted by atomic mass is 19.4. The summed E-state index contributed by atoms with van der Waals surface area (Å²) in [5.74, 6) is -4.27. The van der Waals surface area contributed by atoms with Crippen LogP contribution in [0.15, 0.2) is 24.3 Å². The van der Waals surface area contributed by atoms with Crippen molar-refractivity contribution >= 4 is 6.09 Å². The Labute approximate surface area is 148 Å². The summed E-state index contributed by atoms with van der Waals surface area (Å²) in [5.41, 5.74) is -1.47. The van der Waals surface area contributed by atoms with Gasteiger partial charge >= 0.3 is 18.4 Å². The van der Waals surface area contributed by atoms with Gasteiger partial charge in [0.2, 0.25) is 0 Å². The molecule has 1 N–H and O–H groups in total. The lowest BCUT2D eigenvalue weighted by Crippen LogP contribution is -2.77. The molecule has 1 heterocycles. The average Bonchev–Trinajstić information content (AvgIpc) is 2.43. The molecule has 1 aliphatic heterocycles. The van der Waals surface area contributed by atoms with Crippen molar-refractivity contribution in [2.45, 2.75) is 37.3 Å². The smallest absolute Gasteiger partial charge is 0.407 e. The molecule has 4 nitrogen and oxygen atoms in total. The molecule has 150 valence electrons. The maximum absolute atomic E-state index is 13.1. The molecule has 3 rings (SSSR count). The van der Waals surface area contributed by atoms with Crippen LogP contribution in [0.2, 0.25) is 0 Å². The summed E-state index contributed by atoms with van der Waals surface area (Å²) < 4.78 is 97.1. The zero-order valence-corrected chi connectivity index (χ0v) is 13.5. The van der Waals surface area contributed by atoms with E-state index in [0.717, 1.165) is 12.1 Å². The third kappa shape index (κ3) is 3.51. The van der Waals surface area contributed by atoms with Gasteiger partial charge in [-0.1, -0.05) is 6.07 Å². The van der Waals surface area contributed by atoms with E-state index < -0.39 is 54.3 Å². The van der Waals surface area contributed by atoms with Crippen molar-refractivity contribution in [3.8, 4) is 5.75 Å². The van der Waals surface area contributed by atoms with Crippen LogP contribution in [-0.4, -0.2) is 47.1 Å². The Kier molecular flexibility index (Phi) is 4.47. The zero-order chi connectivity index (χ0) is 20.2. The minimum absolute atomic E-state index is 0.101. The van der Waals surface area contributed by atoms with Crippen molar-refractivity contribution in [2.24, 2.45) is 11.3 Å². The third-order valence-electron chi connectivity index (χ3n) is 5.08. The van der Waals surface area contributed by atoms with Crippen LogP contribution in [0.4, 0.5) is 35.5 Å². The van der Waals surface area contributed by atoms with Crippen molar-refractivity contribution < 1.29 is 45.4 Å². The number of ether oxygens (including phenoxy) is 1. The second kappa shape index (κ2) is 6.16. The predicted octanol–water partition coefficient (Wildman–Crippen LogP) is 4.46. The van der Waals surface area contributed by atoms with Gasteiger partial charge in [-0.3, -0.25) is 0 Å². The van der Waals surface area contributed by atoms with E-state index in [-0.39, 0.29) is 23.5 Å². The molecule has 1 saturated carbocycles. The Bertz CT molecular complexity index is 713. The molecule has 1 saturated heterocycles. The molecule has 1 aliphatic carbocycles. The molecule has 1 unspecified atom stereocenters. The molecule has 1 aromatic carbocycles. The van der Waals surface area contributed by atoms with Crippen molar-refractivity contribution in [1.82, 2.24) is 4.90 Å². The van der Waals surface area contributed by atoms with Gasteiger partial charge in [-0.05, 0) is 25.0 Å². The van der Waals surface area contributed by atoms with Gasteiger partial charge in [0.1, 0.15) is 17.7 Å². The van der Waals surface area contributed by atoms with E-state index in [9.17, 15) is 35.5 Å². The van der Waals surface area contributed by atoms with E-state index in [1.807, 2.05) is 0 Å². The van der Waals surface area contributed by atoms with Crippen LogP contribution in [0.25, 0.3) is 0 Å². The summed E-state index contributed by atoms with van der Waals surface area (Å²) in [6, 6.07) is 2.69. The number of likely N-dealkylation sites (tertiary alicyclic amines) is 1. The summed E-state index contributed by atoms with van der Waals surface area (Å²) in [6.07, 6.45) is -14.2. The van der Waals surface area contributed by atoms with Gasteiger partial charge in [0.05, 0.1) is 6.04 Å². The Morgan fingerprint density at radius 3 is 2.26 bits per heavy atom. The van der Waals surface area contributed by atoms with Crippen molar-refractivity contribution in [1.29, 1.82) is 0 Å². The number of amides is 1. The Balaban J connectivity index is 1.79. The minimum Gasteiger partial charge on any atom is -0.490 e. The molecule has 11 heteroatoms. The van der Waals surface area contributed by atoms with Crippen LogP contribution in [0.3, 0.4) is 0 Å². The summed E-state index contributed by atoms with van der Waals surface area (Å²) in [5, 5.41) is 8.99. The molecule has 2 aliphatic rings. The van der Waals surface area contributed by atoms with Crippen molar-refractivity contribution in [3.05, 3.63) is 30.1 Å². The fourth-order valence-corrected chi connectivity index (χ4v) is 4.05. The summed E-state index contributed by atoms with van der Waals surface area (Å²) in [4.78, 5) is 11.3. The zero-order valence-electron chi connectivity index (χ0n) is 13.5. The highest BCUT2D eigenvalue weighted by molar-refractivity contribution is 5.67. The lowest BCUT2D eigenvalue weighted by Gasteiger charge is -2.65. The summed E-state index contributed by atoms with van der Waals surface area (Å²) in [6.45, 7) is -0.432.